The Morgan fingerprint density at radius 3 is 2.62 bits per heavy atom. The first-order valence-electron chi connectivity index (χ1n) is 9.20. The number of aromatic nitrogens is 1. The summed E-state index contributed by atoms with van der Waals surface area (Å²) in [6, 6.07) is 9.94. The molecule has 0 aliphatic carbocycles. The van der Waals surface area contributed by atoms with Crippen LogP contribution in [0.3, 0.4) is 0 Å². The number of benzene rings is 1. The number of hydrogen-bond donors (Lipinski definition) is 1. The highest BCUT2D eigenvalue weighted by Crippen LogP contribution is 2.29. The zero-order chi connectivity index (χ0) is 20.9. The van der Waals surface area contributed by atoms with Crippen molar-refractivity contribution < 1.29 is 22.8 Å². The molecule has 1 unspecified atom stereocenters. The molecule has 2 heterocycles. The maximum absolute atomic E-state index is 12.7. The number of hydrogen-bond acceptors (Lipinski definition) is 4. The molecule has 0 saturated carbocycles. The third-order valence-electron chi connectivity index (χ3n) is 4.39. The Morgan fingerprint density at radius 2 is 2.00 bits per heavy atom. The van der Waals surface area contributed by atoms with E-state index in [-0.39, 0.29) is 25.2 Å². The van der Waals surface area contributed by atoms with E-state index in [4.69, 9.17) is 4.84 Å². The third-order valence-corrected chi connectivity index (χ3v) is 4.39. The van der Waals surface area contributed by atoms with Crippen LogP contribution in [0.15, 0.2) is 53.8 Å². The molecule has 0 fully saturated rings. The van der Waals surface area contributed by atoms with Gasteiger partial charge in [0.25, 0.3) is 0 Å². The normalized spacial score (nSPS) is 16.1. The lowest BCUT2D eigenvalue weighted by molar-refractivity contribution is -0.137. The van der Waals surface area contributed by atoms with Crippen molar-refractivity contribution in [3.05, 3.63) is 65.5 Å². The standard InChI is InChI=1S/C20H21F3N4O2/c1-2-24-19(28)27(12-14-6-8-15(9-7-14)20(21,22)23)13-16-11-18(26-29-16)17-5-3-4-10-25-17/h3-10,16H,2,11-13H2,1H3,(H,24,28). The third kappa shape index (κ3) is 5.46. The smallest absolute Gasteiger partial charge is 0.390 e. The van der Waals surface area contributed by atoms with Crippen LogP contribution in [0.4, 0.5) is 18.0 Å². The van der Waals surface area contributed by atoms with Gasteiger partial charge in [-0.1, -0.05) is 23.4 Å². The van der Waals surface area contributed by atoms with Crippen molar-refractivity contribution >= 4 is 11.7 Å². The maximum atomic E-state index is 12.7. The van der Waals surface area contributed by atoms with Gasteiger partial charge in [-0.05, 0) is 36.8 Å². The Labute approximate surface area is 166 Å². The Bertz CT molecular complexity index is 854. The lowest BCUT2D eigenvalue weighted by Gasteiger charge is -2.25. The Hall–Kier alpha value is -3.10. The monoisotopic (exact) mass is 406 g/mol. The SMILES string of the molecule is CCNC(=O)N(Cc1ccc(C(F)(F)F)cc1)CC1CC(c2ccccn2)=NO1. The lowest BCUT2D eigenvalue weighted by Crippen LogP contribution is -2.43. The quantitative estimate of drug-likeness (QED) is 0.793. The molecule has 2 aromatic rings. The van der Waals surface area contributed by atoms with Crippen LogP contribution in [0.1, 0.15) is 30.2 Å². The fourth-order valence-corrected chi connectivity index (χ4v) is 2.96. The number of halogens is 3. The van der Waals surface area contributed by atoms with Gasteiger partial charge in [0.1, 0.15) is 5.71 Å². The van der Waals surface area contributed by atoms with Gasteiger partial charge in [0, 0.05) is 25.7 Å². The summed E-state index contributed by atoms with van der Waals surface area (Å²) >= 11 is 0. The van der Waals surface area contributed by atoms with Gasteiger partial charge in [-0.15, -0.1) is 0 Å². The molecule has 2 amide bonds. The molecule has 1 atom stereocenters. The Balaban J connectivity index is 1.66. The highest BCUT2D eigenvalue weighted by atomic mass is 19.4. The molecular weight excluding hydrogens is 385 g/mol. The van der Waals surface area contributed by atoms with Gasteiger partial charge in [0.05, 0.1) is 17.8 Å². The molecular formula is C20H21F3N4O2. The molecule has 0 spiro atoms. The molecule has 0 radical (unpaired) electrons. The molecule has 154 valence electrons. The van der Waals surface area contributed by atoms with Crippen LogP contribution in [0.5, 0.6) is 0 Å². The van der Waals surface area contributed by atoms with Gasteiger partial charge < -0.3 is 15.1 Å². The number of pyridine rings is 1. The van der Waals surface area contributed by atoms with Crippen LogP contribution in [0.2, 0.25) is 0 Å². The number of rotatable bonds is 6. The molecule has 29 heavy (non-hydrogen) atoms. The summed E-state index contributed by atoms with van der Waals surface area (Å²) in [6.45, 7) is 2.63. The summed E-state index contributed by atoms with van der Waals surface area (Å²) in [5, 5.41) is 6.78. The molecule has 1 aliphatic heterocycles. The van der Waals surface area contributed by atoms with Gasteiger partial charge >= 0.3 is 12.2 Å². The minimum atomic E-state index is -4.39. The first-order valence-corrected chi connectivity index (χ1v) is 9.20. The second kappa shape index (κ2) is 8.93. The van der Waals surface area contributed by atoms with Crippen molar-refractivity contribution in [2.45, 2.75) is 32.2 Å². The van der Waals surface area contributed by atoms with Crippen LogP contribution >= 0.6 is 0 Å². The highest BCUT2D eigenvalue weighted by Gasteiger charge is 2.30. The van der Waals surface area contributed by atoms with Crippen LogP contribution in [-0.4, -0.2) is 40.8 Å². The molecule has 1 aliphatic rings. The number of nitrogens with one attached hydrogen (secondary N) is 1. The van der Waals surface area contributed by atoms with E-state index in [1.54, 1.807) is 19.2 Å². The minimum Gasteiger partial charge on any atom is -0.390 e. The Morgan fingerprint density at radius 1 is 1.24 bits per heavy atom. The zero-order valence-corrected chi connectivity index (χ0v) is 15.8. The largest absolute Gasteiger partial charge is 0.416 e. The van der Waals surface area contributed by atoms with E-state index in [0.29, 0.717) is 29.9 Å². The fraction of sp³-hybridized carbons (Fsp3) is 0.350. The molecule has 1 N–H and O–H groups in total. The van der Waals surface area contributed by atoms with Gasteiger partial charge in [-0.25, -0.2) is 4.79 Å². The first kappa shape index (κ1) is 20.6. The average Bonchev–Trinajstić information content (AvgIpc) is 3.17. The highest BCUT2D eigenvalue weighted by molar-refractivity contribution is 5.99. The van der Waals surface area contributed by atoms with Crippen LogP contribution in [-0.2, 0) is 17.6 Å². The molecule has 0 saturated heterocycles. The van der Waals surface area contributed by atoms with Crippen LogP contribution < -0.4 is 5.32 Å². The predicted molar refractivity (Wildman–Crippen MR) is 101 cm³/mol. The fourth-order valence-electron chi connectivity index (χ4n) is 2.96. The summed E-state index contributed by atoms with van der Waals surface area (Å²) < 4.78 is 38.2. The van der Waals surface area contributed by atoms with Crippen molar-refractivity contribution in [3.63, 3.8) is 0 Å². The molecule has 1 aromatic heterocycles. The van der Waals surface area contributed by atoms with Gasteiger partial charge in [0.15, 0.2) is 6.10 Å². The van der Waals surface area contributed by atoms with Crippen molar-refractivity contribution in [1.82, 2.24) is 15.2 Å². The van der Waals surface area contributed by atoms with Crippen LogP contribution in [0.25, 0.3) is 0 Å². The predicted octanol–water partition coefficient (Wildman–Crippen LogP) is 3.83. The van der Waals surface area contributed by atoms with E-state index in [2.05, 4.69) is 15.5 Å². The van der Waals surface area contributed by atoms with E-state index in [1.165, 1.54) is 17.0 Å². The minimum absolute atomic E-state index is 0.156. The number of oxime groups is 1. The summed E-state index contributed by atoms with van der Waals surface area (Å²) in [5.41, 5.74) is 1.27. The summed E-state index contributed by atoms with van der Waals surface area (Å²) in [7, 11) is 0. The van der Waals surface area contributed by atoms with Crippen molar-refractivity contribution in [3.8, 4) is 0 Å². The van der Waals surface area contributed by atoms with Gasteiger partial charge in [0.2, 0.25) is 0 Å². The summed E-state index contributed by atoms with van der Waals surface area (Å²) in [6.07, 6.45) is -2.60. The van der Waals surface area contributed by atoms with Crippen molar-refractivity contribution in [2.75, 3.05) is 13.1 Å². The molecule has 1 aromatic carbocycles. The van der Waals surface area contributed by atoms with Crippen molar-refractivity contribution in [2.24, 2.45) is 5.16 Å². The molecule has 6 nitrogen and oxygen atoms in total. The topological polar surface area (TPSA) is 66.8 Å². The number of carbonyl (C=O) groups is 1. The van der Waals surface area contributed by atoms with E-state index in [0.717, 1.165) is 12.1 Å². The van der Waals surface area contributed by atoms with Crippen LogP contribution in [0, 0.1) is 0 Å². The molecule has 0 bridgehead atoms. The summed E-state index contributed by atoms with van der Waals surface area (Å²) in [5.74, 6) is 0. The van der Waals surface area contributed by atoms with E-state index in [1.807, 2.05) is 12.1 Å². The van der Waals surface area contributed by atoms with Crippen molar-refractivity contribution in [1.29, 1.82) is 0 Å². The second-order valence-electron chi connectivity index (χ2n) is 6.60. The average molecular weight is 406 g/mol. The zero-order valence-electron chi connectivity index (χ0n) is 15.8. The van der Waals surface area contributed by atoms with E-state index >= 15 is 0 Å². The first-order chi connectivity index (χ1) is 13.9. The van der Waals surface area contributed by atoms with E-state index < -0.39 is 11.7 Å². The maximum Gasteiger partial charge on any atom is 0.416 e. The van der Waals surface area contributed by atoms with E-state index in [9.17, 15) is 18.0 Å². The number of nitrogens with zero attached hydrogens (tertiary/aromatic N) is 3. The van der Waals surface area contributed by atoms with Gasteiger partial charge in [-0.2, -0.15) is 13.2 Å². The Kier molecular flexibility index (Phi) is 6.36. The lowest BCUT2D eigenvalue weighted by atomic mass is 10.1. The second-order valence-corrected chi connectivity index (χ2v) is 6.60. The van der Waals surface area contributed by atoms with Gasteiger partial charge in [-0.3, -0.25) is 4.98 Å². The number of alkyl halides is 3. The molecule has 9 heteroatoms. The number of amides is 2. The molecule has 3 rings (SSSR count). The number of carbonyl (C=O) groups excluding carboxylic acids is 1. The summed E-state index contributed by atoms with van der Waals surface area (Å²) in [4.78, 5) is 23.6. The number of urea groups is 1.